The van der Waals surface area contributed by atoms with Crippen LogP contribution in [0.15, 0.2) is 40.8 Å². The van der Waals surface area contributed by atoms with Gasteiger partial charge in [-0.25, -0.2) is 9.97 Å². The number of rotatable bonds is 5. The summed E-state index contributed by atoms with van der Waals surface area (Å²) in [4.78, 5) is 11.2. The first kappa shape index (κ1) is 13.7. The minimum Gasteiger partial charge on any atom is -0.462 e. The van der Waals surface area contributed by atoms with Gasteiger partial charge in [-0.05, 0) is 31.5 Å². The lowest BCUT2D eigenvalue weighted by atomic mass is 10.2. The normalized spacial score (nSPS) is 19.0. The van der Waals surface area contributed by atoms with Gasteiger partial charge in [0.25, 0.3) is 0 Å². The molecule has 4 heterocycles. The van der Waals surface area contributed by atoms with Crippen LogP contribution in [0.25, 0.3) is 10.8 Å². The van der Waals surface area contributed by atoms with E-state index in [4.69, 9.17) is 9.40 Å². The maximum absolute atomic E-state index is 5.41. The minimum absolute atomic E-state index is 0.510. The first-order chi connectivity index (χ1) is 10.9. The van der Waals surface area contributed by atoms with Crippen molar-refractivity contribution in [2.45, 2.75) is 32.0 Å². The number of aromatic nitrogens is 4. The molecule has 3 aromatic rings. The number of thiazole rings is 1. The molecular formula is C15H17N5OS. The van der Waals surface area contributed by atoms with Crippen molar-refractivity contribution >= 4 is 11.3 Å². The Morgan fingerprint density at radius 3 is 3.23 bits per heavy atom. The Hall–Kier alpha value is -1.99. The summed E-state index contributed by atoms with van der Waals surface area (Å²) in [6.45, 7) is 2.90. The number of nitrogens with zero attached hydrogens (tertiary/aromatic N) is 5. The highest BCUT2D eigenvalue weighted by Gasteiger charge is 2.25. The van der Waals surface area contributed by atoms with Crippen LogP contribution in [0.3, 0.4) is 0 Å². The van der Waals surface area contributed by atoms with Crippen LogP contribution in [-0.4, -0.2) is 37.2 Å². The molecule has 22 heavy (non-hydrogen) atoms. The molecule has 0 aliphatic carbocycles. The van der Waals surface area contributed by atoms with E-state index in [1.165, 1.54) is 12.8 Å². The summed E-state index contributed by atoms with van der Waals surface area (Å²) in [7, 11) is 0. The fraction of sp³-hybridized carbons (Fsp3) is 0.400. The van der Waals surface area contributed by atoms with Gasteiger partial charge >= 0.3 is 0 Å². The van der Waals surface area contributed by atoms with Crippen molar-refractivity contribution in [3.05, 3.63) is 42.1 Å². The smallest absolute Gasteiger partial charge is 0.162 e. The molecule has 0 spiro atoms. The molecule has 0 aromatic carbocycles. The van der Waals surface area contributed by atoms with Crippen LogP contribution in [-0.2, 0) is 13.1 Å². The molecule has 0 radical (unpaired) electrons. The fourth-order valence-corrected chi connectivity index (χ4v) is 3.73. The van der Waals surface area contributed by atoms with E-state index in [0.717, 1.165) is 36.1 Å². The van der Waals surface area contributed by atoms with Crippen LogP contribution in [0, 0.1) is 0 Å². The summed E-state index contributed by atoms with van der Waals surface area (Å²) in [5.74, 6) is 0.844. The monoisotopic (exact) mass is 315 g/mol. The summed E-state index contributed by atoms with van der Waals surface area (Å²) >= 11 is 1.64. The van der Waals surface area contributed by atoms with Gasteiger partial charge in [0.05, 0.1) is 18.5 Å². The third-order valence-electron chi connectivity index (χ3n) is 4.01. The molecule has 0 bridgehead atoms. The lowest BCUT2D eigenvalue weighted by Crippen LogP contribution is -2.32. The van der Waals surface area contributed by atoms with Crippen LogP contribution in [0.4, 0.5) is 0 Å². The molecule has 0 amide bonds. The van der Waals surface area contributed by atoms with E-state index in [1.54, 1.807) is 30.3 Å². The summed E-state index contributed by atoms with van der Waals surface area (Å²) in [5.41, 5.74) is 1.11. The predicted molar refractivity (Wildman–Crippen MR) is 83.3 cm³/mol. The van der Waals surface area contributed by atoms with E-state index in [1.807, 2.05) is 16.8 Å². The Bertz CT molecular complexity index is 706. The Morgan fingerprint density at radius 1 is 1.41 bits per heavy atom. The Morgan fingerprint density at radius 2 is 2.41 bits per heavy atom. The summed E-state index contributed by atoms with van der Waals surface area (Å²) in [5, 5.41) is 7.29. The van der Waals surface area contributed by atoms with Crippen LogP contribution in [0.2, 0.25) is 0 Å². The Balaban J connectivity index is 1.44. The highest BCUT2D eigenvalue weighted by atomic mass is 32.1. The van der Waals surface area contributed by atoms with E-state index in [9.17, 15) is 0 Å². The molecule has 1 aliphatic rings. The highest BCUT2D eigenvalue weighted by molar-refractivity contribution is 7.13. The molecule has 1 fully saturated rings. The zero-order chi connectivity index (χ0) is 14.8. The van der Waals surface area contributed by atoms with Crippen molar-refractivity contribution in [3.63, 3.8) is 0 Å². The highest BCUT2D eigenvalue weighted by Crippen LogP contribution is 2.26. The van der Waals surface area contributed by atoms with E-state index < -0.39 is 0 Å². The van der Waals surface area contributed by atoms with Crippen molar-refractivity contribution in [2.75, 3.05) is 6.54 Å². The molecule has 0 saturated carbocycles. The molecular weight excluding hydrogens is 298 g/mol. The third-order valence-corrected chi connectivity index (χ3v) is 4.92. The largest absolute Gasteiger partial charge is 0.462 e. The second-order valence-corrected chi connectivity index (χ2v) is 6.36. The summed E-state index contributed by atoms with van der Waals surface area (Å²) in [6, 6.07) is 4.35. The molecule has 1 unspecified atom stereocenters. The number of likely N-dealkylation sites (tertiary alicyclic amines) is 1. The molecule has 1 atom stereocenters. The van der Waals surface area contributed by atoms with Crippen molar-refractivity contribution < 1.29 is 4.42 Å². The number of furan rings is 1. The van der Waals surface area contributed by atoms with E-state index in [2.05, 4.69) is 20.4 Å². The first-order valence-corrected chi connectivity index (χ1v) is 8.31. The van der Waals surface area contributed by atoms with Crippen molar-refractivity contribution in [1.29, 1.82) is 0 Å². The lowest BCUT2D eigenvalue weighted by Gasteiger charge is -2.23. The molecule has 6 nitrogen and oxygen atoms in total. The molecule has 1 saturated heterocycles. The molecule has 4 rings (SSSR count). The zero-order valence-electron chi connectivity index (χ0n) is 12.1. The molecule has 3 aromatic heterocycles. The minimum atomic E-state index is 0.510. The first-order valence-electron chi connectivity index (χ1n) is 7.43. The quantitative estimate of drug-likeness (QED) is 0.724. The fourth-order valence-electron chi connectivity index (χ4n) is 2.95. The van der Waals surface area contributed by atoms with E-state index >= 15 is 0 Å². The Kier molecular flexibility index (Phi) is 3.74. The average molecular weight is 315 g/mol. The SMILES string of the molecule is c1coc(-c2nc(CN3CCCC3Cn3cncn3)cs2)c1. The van der Waals surface area contributed by atoms with Crippen LogP contribution >= 0.6 is 11.3 Å². The van der Waals surface area contributed by atoms with Gasteiger partial charge in [-0.15, -0.1) is 11.3 Å². The van der Waals surface area contributed by atoms with Gasteiger partial charge in [0, 0.05) is 18.0 Å². The van der Waals surface area contributed by atoms with Crippen LogP contribution in [0.5, 0.6) is 0 Å². The summed E-state index contributed by atoms with van der Waals surface area (Å²) < 4.78 is 7.32. The van der Waals surface area contributed by atoms with Crippen LogP contribution in [0.1, 0.15) is 18.5 Å². The second kappa shape index (κ2) is 6.02. The van der Waals surface area contributed by atoms with E-state index in [-0.39, 0.29) is 0 Å². The molecule has 0 N–H and O–H groups in total. The topological polar surface area (TPSA) is 60.0 Å². The predicted octanol–water partition coefficient (Wildman–Crippen LogP) is 2.66. The zero-order valence-corrected chi connectivity index (χ0v) is 12.9. The van der Waals surface area contributed by atoms with Crippen molar-refractivity contribution in [1.82, 2.24) is 24.6 Å². The van der Waals surface area contributed by atoms with Crippen molar-refractivity contribution in [3.8, 4) is 10.8 Å². The Labute approximate surface area is 132 Å². The maximum Gasteiger partial charge on any atom is 0.162 e. The third kappa shape index (κ3) is 2.82. The second-order valence-electron chi connectivity index (χ2n) is 5.51. The number of hydrogen-bond acceptors (Lipinski definition) is 6. The maximum atomic E-state index is 5.41. The molecule has 7 heteroatoms. The van der Waals surface area contributed by atoms with Gasteiger partial charge in [-0.1, -0.05) is 0 Å². The van der Waals surface area contributed by atoms with Gasteiger partial charge in [-0.3, -0.25) is 9.58 Å². The van der Waals surface area contributed by atoms with Gasteiger partial charge < -0.3 is 4.42 Å². The van der Waals surface area contributed by atoms with Gasteiger partial charge in [0.2, 0.25) is 0 Å². The van der Waals surface area contributed by atoms with Gasteiger partial charge in [0.1, 0.15) is 12.7 Å². The lowest BCUT2D eigenvalue weighted by molar-refractivity contribution is 0.217. The summed E-state index contributed by atoms with van der Waals surface area (Å²) in [6.07, 6.45) is 7.50. The number of hydrogen-bond donors (Lipinski definition) is 0. The van der Waals surface area contributed by atoms with Crippen LogP contribution < -0.4 is 0 Å². The van der Waals surface area contributed by atoms with Gasteiger partial charge in [0.15, 0.2) is 10.8 Å². The van der Waals surface area contributed by atoms with Gasteiger partial charge in [-0.2, -0.15) is 5.10 Å². The molecule has 1 aliphatic heterocycles. The average Bonchev–Trinajstić information content (AvgIpc) is 3.28. The molecule has 114 valence electrons. The van der Waals surface area contributed by atoms with Crippen molar-refractivity contribution in [2.24, 2.45) is 0 Å². The standard InChI is InChI=1S/C15H17N5OS/c1-3-13(8-20-11-16-10-17-20)19(5-1)7-12-9-22-15(18-12)14-4-2-6-21-14/h2,4,6,9-11,13H,1,3,5,7-8H2. The van der Waals surface area contributed by atoms with E-state index in [0.29, 0.717) is 6.04 Å².